The Bertz CT molecular complexity index is 511. The molecule has 3 rings (SSSR count). The Morgan fingerprint density at radius 1 is 1.32 bits per heavy atom. The molecule has 19 heavy (non-hydrogen) atoms. The molecule has 2 aliphatic rings. The Labute approximate surface area is 112 Å². The highest BCUT2D eigenvalue weighted by Gasteiger charge is 2.48. The number of carbonyl (C=O) groups is 1. The second-order valence-corrected chi connectivity index (χ2v) is 5.43. The summed E-state index contributed by atoms with van der Waals surface area (Å²) >= 11 is 0. The Morgan fingerprint density at radius 3 is 2.68 bits per heavy atom. The third kappa shape index (κ3) is 1.78. The fourth-order valence-electron chi connectivity index (χ4n) is 3.37. The van der Waals surface area contributed by atoms with Gasteiger partial charge in [0.1, 0.15) is 13.2 Å². The molecule has 0 spiro atoms. The van der Waals surface area contributed by atoms with Gasteiger partial charge in [-0.25, -0.2) is 0 Å². The number of hydrogen-bond donors (Lipinski definition) is 1. The van der Waals surface area contributed by atoms with E-state index in [4.69, 9.17) is 9.47 Å². The van der Waals surface area contributed by atoms with E-state index in [0.717, 1.165) is 18.4 Å². The molecule has 4 heteroatoms. The lowest BCUT2D eigenvalue weighted by Gasteiger charge is -2.31. The number of carboxylic acids is 1. The molecule has 0 saturated heterocycles. The molecule has 0 amide bonds. The Morgan fingerprint density at radius 2 is 2.05 bits per heavy atom. The maximum Gasteiger partial charge on any atom is 0.314 e. The molecule has 1 aliphatic carbocycles. The van der Waals surface area contributed by atoms with E-state index in [2.05, 4.69) is 0 Å². The largest absolute Gasteiger partial charge is 0.486 e. The first-order valence-electron chi connectivity index (χ1n) is 6.78. The zero-order valence-corrected chi connectivity index (χ0v) is 11.0. The van der Waals surface area contributed by atoms with Gasteiger partial charge in [-0.1, -0.05) is 19.4 Å². The summed E-state index contributed by atoms with van der Waals surface area (Å²) in [5.41, 5.74) is 0.0739. The van der Waals surface area contributed by atoms with Crippen LogP contribution in [-0.2, 0) is 10.2 Å². The van der Waals surface area contributed by atoms with E-state index in [1.165, 1.54) is 0 Å². The van der Waals surface area contributed by atoms with Crippen LogP contribution in [0.3, 0.4) is 0 Å². The predicted molar refractivity (Wildman–Crippen MR) is 69.8 cm³/mol. The standard InChI is InChI=1S/C15H18O4/c1-10-3-2-6-15(10,14(16)17)11-4-5-12-13(9-11)19-8-7-18-12/h4-5,9-10H,2-3,6-8H2,1H3,(H,16,17). The monoisotopic (exact) mass is 262 g/mol. The zero-order chi connectivity index (χ0) is 13.5. The van der Waals surface area contributed by atoms with Gasteiger partial charge in [0.15, 0.2) is 11.5 Å². The van der Waals surface area contributed by atoms with E-state index in [1.807, 2.05) is 25.1 Å². The van der Waals surface area contributed by atoms with E-state index < -0.39 is 11.4 Å². The number of hydrogen-bond acceptors (Lipinski definition) is 3. The maximum atomic E-state index is 11.8. The number of rotatable bonds is 2. The van der Waals surface area contributed by atoms with Gasteiger partial charge < -0.3 is 14.6 Å². The fraction of sp³-hybridized carbons (Fsp3) is 0.533. The van der Waals surface area contributed by atoms with Gasteiger partial charge in [0.25, 0.3) is 0 Å². The normalized spacial score (nSPS) is 29.2. The highest BCUT2D eigenvalue weighted by atomic mass is 16.6. The third-order valence-electron chi connectivity index (χ3n) is 4.49. The molecular weight excluding hydrogens is 244 g/mol. The van der Waals surface area contributed by atoms with E-state index in [0.29, 0.717) is 31.1 Å². The van der Waals surface area contributed by atoms with Gasteiger partial charge in [0.05, 0.1) is 5.41 Å². The van der Waals surface area contributed by atoms with Crippen molar-refractivity contribution in [1.29, 1.82) is 0 Å². The van der Waals surface area contributed by atoms with Crippen molar-refractivity contribution in [2.45, 2.75) is 31.6 Å². The summed E-state index contributed by atoms with van der Waals surface area (Å²) in [7, 11) is 0. The molecule has 1 N–H and O–H groups in total. The summed E-state index contributed by atoms with van der Waals surface area (Å²) in [5, 5.41) is 9.72. The van der Waals surface area contributed by atoms with Crippen LogP contribution in [0.5, 0.6) is 11.5 Å². The number of ether oxygens (including phenoxy) is 2. The molecule has 2 atom stereocenters. The van der Waals surface area contributed by atoms with Crippen LogP contribution >= 0.6 is 0 Å². The molecule has 1 saturated carbocycles. The van der Waals surface area contributed by atoms with Crippen molar-refractivity contribution in [2.75, 3.05) is 13.2 Å². The molecule has 1 aromatic rings. The third-order valence-corrected chi connectivity index (χ3v) is 4.49. The van der Waals surface area contributed by atoms with Crippen molar-refractivity contribution in [3.05, 3.63) is 23.8 Å². The van der Waals surface area contributed by atoms with Crippen molar-refractivity contribution in [3.63, 3.8) is 0 Å². The van der Waals surface area contributed by atoms with E-state index in [-0.39, 0.29) is 5.92 Å². The Hall–Kier alpha value is -1.71. The second kappa shape index (κ2) is 4.44. The minimum absolute atomic E-state index is 0.146. The maximum absolute atomic E-state index is 11.8. The Balaban J connectivity index is 2.06. The van der Waals surface area contributed by atoms with Crippen LogP contribution < -0.4 is 9.47 Å². The summed E-state index contributed by atoms with van der Waals surface area (Å²) in [6, 6.07) is 5.56. The number of benzene rings is 1. The van der Waals surface area contributed by atoms with Crippen molar-refractivity contribution >= 4 is 5.97 Å². The average Bonchev–Trinajstić information content (AvgIpc) is 2.81. The predicted octanol–water partition coefficient (Wildman–Crippen LogP) is 2.60. The van der Waals surface area contributed by atoms with Gasteiger partial charge in [-0.15, -0.1) is 0 Å². The molecular formula is C15H18O4. The van der Waals surface area contributed by atoms with Crippen LogP contribution in [-0.4, -0.2) is 24.3 Å². The van der Waals surface area contributed by atoms with Crippen LogP contribution in [0.15, 0.2) is 18.2 Å². The van der Waals surface area contributed by atoms with Crippen LogP contribution in [0.1, 0.15) is 31.7 Å². The molecule has 0 aromatic heterocycles. The highest BCUT2D eigenvalue weighted by molar-refractivity contribution is 5.82. The van der Waals surface area contributed by atoms with Crippen LogP contribution in [0, 0.1) is 5.92 Å². The molecule has 1 aromatic carbocycles. The average molecular weight is 262 g/mol. The highest BCUT2D eigenvalue weighted by Crippen LogP contribution is 2.47. The molecule has 0 bridgehead atoms. The first-order chi connectivity index (χ1) is 9.14. The number of fused-ring (bicyclic) bond motifs is 1. The number of aliphatic carboxylic acids is 1. The number of carboxylic acid groups (broad SMARTS) is 1. The van der Waals surface area contributed by atoms with Gasteiger partial charge in [-0.05, 0) is 36.5 Å². The molecule has 1 aliphatic heterocycles. The molecule has 0 radical (unpaired) electrons. The molecule has 1 heterocycles. The lowest BCUT2D eigenvalue weighted by atomic mass is 9.73. The second-order valence-electron chi connectivity index (χ2n) is 5.43. The molecule has 2 unspecified atom stereocenters. The van der Waals surface area contributed by atoms with Crippen molar-refractivity contribution in [1.82, 2.24) is 0 Å². The van der Waals surface area contributed by atoms with Crippen LogP contribution in [0.25, 0.3) is 0 Å². The lowest BCUT2D eigenvalue weighted by molar-refractivity contribution is -0.145. The minimum Gasteiger partial charge on any atom is -0.486 e. The molecule has 4 nitrogen and oxygen atoms in total. The van der Waals surface area contributed by atoms with Crippen LogP contribution in [0.2, 0.25) is 0 Å². The van der Waals surface area contributed by atoms with Gasteiger partial charge >= 0.3 is 5.97 Å². The smallest absolute Gasteiger partial charge is 0.314 e. The fourth-order valence-corrected chi connectivity index (χ4v) is 3.37. The molecule has 102 valence electrons. The van der Waals surface area contributed by atoms with Crippen LogP contribution in [0.4, 0.5) is 0 Å². The van der Waals surface area contributed by atoms with Crippen molar-refractivity contribution in [2.24, 2.45) is 5.92 Å². The summed E-state index contributed by atoms with van der Waals surface area (Å²) in [6.07, 6.45) is 2.62. The SMILES string of the molecule is CC1CCCC1(C(=O)O)c1ccc2c(c1)OCCO2. The van der Waals surface area contributed by atoms with E-state index in [1.54, 1.807) is 0 Å². The topological polar surface area (TPSA) is 55.8 Å². The molecule has 1 fully saturated rings. The zero-order valence-electron chi connectivity index (χ0n) is 11.0. The summed E-state index contributed by atoms with van der Waals surface area (Å²) in [5.74, 6) is 0.798. The Kier molecular flexibility index (Phi) is 2.88. The summed E-state index contributed by atoms with van der Waals surface area (Å²) < 4.78 is 11.1. The van der Waals surface area contributed by atoms with Gasteiger partial charge in [-0.2, -0.15) is 0 Å². The van der Waals surface area contributed by atoms with E-state index >= 15 is 0 Å². The minimum atomic E-state index is -0.768. The first-order valence-corrected chi connectivity index (χ1v) is 6.78. The van der Waals surface area contributed by atoms with Crippen molar-refractivity contribution in [3.8, 4) is 11.5 Å². The summed E-state index contributed by atoms with van der Waals surface area (Å²) in [4.78, 5) is 11.8. The first kappa shape index (κ1) is 12.3. The van der Waals surface area contributed by atoms with Gasteiger partial charge in [-0.3, -0.25) is 4.79 Å². The summed E-state index contributed by atoms with van der Waals surface area (Å²) in [6.45, 7) is 3.09. The van der Waals surface area contributed by atoms with E-state index in [9.17, 15) is 9.90 Å². The van der Waals surface area contributed by atoms with Gasteiger partial charge in [0, 0.05) is 0 Å². The van der Waals surface area contributed by atoms with Gasteiger partial charge in [0.2, 0.25) is 0 Å². The quantitative estimate of drug-likeness (QED) is 0.890. The van der Waals surface area contributed by atoms with Crippen molar-refractivity contribution < 1.29 is 19.4 Å². The lowest BCUT2D eigenvalue weighted by Crippen LogP contribution is -2.38.